The molecule has 0 saturated carbocycles. The van der Waals surface area contributed by atoms with Gasteiger partial charge in [-0.3, -0.25) is 4.79 Å². The number of fused-ring (bicyclic) bond motifs is 1. The minimum atomic E-state index is -0.680. The molecule has 0 fully saturated rings. The molecule has 3 aromatic heterocycles. The van der Waals surface area contributed by atoms with Gasteiger partial charge in [0.15, 0.2) is 0 Å². The van der Waals surface area contributed by atoms with E-state index >= 15 is 0 Å². The largest absolute Gasteiger partial charge is 0.347 e. The summed E-state index contributed by atoms with van der Waals surface area (Å²) in [7, 11) is 0. The second kappa shape index (κ2) is 7.47. The Labute approximate surface area is 163 Å². The molecular formula is C20H16F2N4OS. The van der Waals surface area contributed by atoms with Crippen LogP contribution in [0.25, 0.3) is 21.6 Å². The van der Waals surface area contributed by atoms with Gasteiger partial charge in [-0.25, -0.2) is 18.7 Å². The third-order valence-electron chi connectivity index (χ3n) is 4.32. The lowest BCUT2D eigenvalue weighted by Gasteiger charge is -2.04. The van der Waals surface area contributed by atoms with Gasteiger partial charge in [0.25, 0.3) is 5.91 Å². The van der Waals surface area contributed by atoms with E-state index in [0.29, 0.717) is 10.6 Å². The predicted octanol–water partition coefficient (Wildman–Crippen LogP) is 4.39. The van der Waals surface area contributed by atoms with Crippen molar-refractivity contribution in [3.63, 3.8) is 0 Å². The molecule has 0 aliphatic carbocycles. The number of aromatic nitrogens is 3. The summed E-state index contributed by atoms with van der Waals surface area (Å²) in [6, 6.07) is 7.00. The van der Waals surface area contributed by atoms with E-state index in [1.165, 1.54) is 23.5 Å². The van der Waals surface area contributed by atoms with Crippen LogP contribution in [0.4, 0.5) is 8.78 Å². The topological polar surface area (TPSA) is 59.8 Å². The highest BCUT2D eigenvalue weighted by molar-refractivity contribution is 7.13. The van der Waals surface area contributed by atoms with Crippen molar-refractivity contribution in [3.8, 4) is 10.6 Å². The quantitative estimate of drug-likeness (QED) is 0.542. The zero-order valence-corrected chi connectivity index (χ0v) is 15.8. The number of benzene rings is 1. The number of nitrogens with one attached hydrogen (secondary N) is 1. The van der Waals surface area contributed by atoms with Crippen molar-refractivity contribution < 1.29 is 13.6 Å². The van der Waals surface area contributed by atoms with Gasteiger partial charge in [0.05, 0.1) is 0 Å². The van der Waals surface area contributed by atoms with Crippen LogP contribution in [0.3, 0.4) is 0 Å². The first-order valence-electron chi connectivity index (χ1n) is 8.68. The van der Waals surface area contributed by atoms with E-state index in [0.717, 1.165) is 29.2 Å². The van der Waals surface area contributed by atoms with Crippen molar-refractivity contribution in [3.05, 3.63) is 71.0 Å². The molecule has 8 heteroatoms. The lowest BCUT2D eigenvalue weighted by atomic mass is 10.2. The van der Waals surface area contributed by atoms with Crippen molar-refractivity contribution in [2.45, 2.75) is 20.0 Å². The molecule has 0 bridgehead atoms. The van der Waals surface area contributed by atoms with Crippen molar-refractivity contribution in [1.29, 1.82) is 0 Å². The average molecular weight is 398 g/mol. The Kier molecular flexibility index (Phi) is 4.87. The summed E-state index contributed by atoms with van der Waals surface area (Å²) in [4.78, 5) is 21.2. The highest BCUT2D eigenvalue weighted by Crippen LogP contribution is 2.31. The van der Waals surface area contributed by atoms with E-state index in [2.05, 4.69) is 15.3 Å². The van der Waals surface area contributed by atoms with E-state index in [9.17, 15) is 13.6 Å². The molecule has 142 valence electrons. The zero-order valence-electron chi connectivity index (χ0n) is 14.9. The molecule has 0 aliphatic heterocycles. The Morgan fingerprint density at radius 1 is 1.25 bits per heavy atom. The summed E-state index contributed by atoms with van der Waals surface area (Å²) in [6.45, 7) is 2.82. The van der Waals surface area contributed by atoms with Crippen molar-refractivity contribution in [1.82, 2.24) is 19.9 Å². The maximum Gasteiger partial charge on any atom is 0.271 e. The van der Waals surface area contributed by atoms with Crippen LogP contribution in [0.2, 0.25) is 0 Å². The monoisotopic (exact) mass is 398 g/mol. The van der Waals surface area contributed by atoms with E-state index < -0.39 is 17.5 Å². The summed E-state index contributed by atoms with van der Waals surface area (Å²) in [5, 5.41) is 6.00. The SMILES string of the molecule is CCn1cc(-c2nc(C(=O)NCc3cc(F)cc(F)c3)cs2)c2cccnc21. The number of aryl methyl sites for hydroxylation is 1. The molecule has 1 aromatic carbocycles. The van der Waals surface area contributed by atoms with Crippen molar-refractivity contribution >= 4 is 28.3 Å². The molecule has 1 amide bonds. The second-order valence-corrected chi connectivity index (χ2v) is 7.06. The lowest BCUT2D eigenvalue weighted by Crippen LogP contribution is -2.23. The molecule has 0 unspecified atom stereocenters. The van der Waals surface area contributed by atoms with Gasteiger partial charge >= 0.3 is 0 Å². The third-order valence-corrected chi connectivity index (χ3v) is 5.19. The third kappa shape index (κ3) is 3.50. The molecule has 0 saturated heterocycles. The van der Waals surface area contributed by atoms with E-state index in [-0.39, 0.29) is 12.2 Å². The maximum atomic E-state index is 13.3. The molecule has 5 nitrogen and oxygen atoms in total. The standard InChI is InChI=1S/C20H16F2N4OS/c1-2-26-10-16(15-4-3-5-23-18(15)26)20-25-17(11-28-20)19(27)24-9-12-6-13(21)8-14(22)7-12/h3-8,10-11H,2,9H2,1H3,(H,24,27). The van der Waals surface area contributed by atoms with E-state index in [1.54, 1.807) is 11.6 Å². The minimum absolute atomic E-state index is 0.0133. The molecule has 4 rings (SSSR count). The highest BCUT2D eigenvalue weighted by atomic mass is 32.1. The summed E-state index contributed by atoms with van der Waals surface area (Å²) >= 11 is 1.36. The first-order chi connectivity index (χ1) is 13.5. The van der Waals surface area contributed by atoms with Gasteiger partial charge in [-0.2, -0.15) is 0 Å². The average Bonchev–Trinajstić information content (AvgIpc) is 3.30. The highest BCUT2D eigenvalue weighted by Gasteiger charge is 2.16. The van der Waals surface area contributed by atoms with Crippen LogP contribution in [0.1, 0.15) is 23.0 Å². The fourth-order valence-electron chi connectivity index (χ4n) is 3.02. The molecule has 0 radical (unpaired) electrons. The number of carbonyl (C=O) groups excluding carboxylic acids is 1. The van der Waals surface area contributed by atoms with Gasteiger partial charge in [-0.15, -0.1) is 11.3 Å². The summed E-state index contributed by atoms with van der Waals surface area (Å²) in [5.74, 6) is -1.76. The molecule has 4 aromatic rings. The number of rotatable bonds is 5. The van der Waals surface area contributed by atoms with Gasteiger partial charge in [0, 0.05) is 47.9 Å². The minimum Gasteiger partial charge on any atom is -0.347 e. The van der Waals surface area contributed by atoms with Gasteiger partial charge < -0.3 is 9.88 Å². The molecule has 1 N–H and O–H groups in total. The number of amides is 1. The van der Waals surface area contributed by atoms with E-state index in [1.807, 2.05) is 29.8 Å². The summed E-state index contributed by atoms with van der Waals surface area (Å²) in [5.41, 5.74) is 2.40. The fourth-order valence-corrected chi connectivity index (χ4v) is 3.85. The van der Waals surface area contributed by atoms with Crippen LogP contribution >= 0.6 is 11.3 Å². The van der Waals surface area contributed by atoms with Crippen molar-refractivity contribution in [2.24, 2.45) is 0 Å². The molecule has 0 atom stereocenters. The lowest BCUT2D eigenvalue weighted by molar-refractivity contribution is 0.0946. The van der Waals surface area contributed by atoms with Gasteiger partial charge in [0.1, 0.15) is 28.0 Å². The van der Waals surface area contributed by atoms with Crippen LogP contribution in [0.15, 0.2) is 48.1 Å². The Balaban J connectivity index is 1.55. The smallest absolute Gasteiger partial charge is 0.271 e. The number of halogens is 2. The normalized spacial score (nSPS) is 11.1. The predicted molar refractivity (Wildman–Crippen MR) is 104 cm³/mol. The molecule has 28 heavy (non-hydrogen) atoms. The second-order valence-electron chi connectivity index (χ2n) is 6.20. The number of hydrogen-bond donors (Lipinski definition) is 1. The summed E-state index contributed by atoms with van der Waals surface area (Å²) in [6.07, 6.45) is 3.72. The van der Waals surface area contributed by atoms with Crippen LogP contribution < -0.4 is 5.32 Å². The number of hydrogen-bond acceptors (Lipinski definition) is 4. The Morgan fingerprint density at radius 2 is 2.04 bits per heavy atom. The van der Waals surface area contributed by atoms with Crippen molar-refractivity contribution in [2.75, 3.05) is 0 Å². The van der Waals surface area contributed by atoms with Crippen LogP contribution in [0.5, 0.6) is 0 Å². The number of carbonyl (C=O) groups is 1. The van der Waals surface area contributed by atoms with Crippen LogP contribution in [-0.2, 0) is 13.1 Å². The molecule has 3 heterocycles. The van der Waals surface area contributed by atoms with Crippen LogP contribution in [-0.4, -0.2) is 20.4 Å². The Bertz CT molecular complexity index is 1150. The first kappa shape index (κ1) is 18.2. The maximum absolute atomic E-state index is 13.3. The number of nitrogens with zero attached hydrogens (tertiary/aromatic N) is 3. The Hall–Kier alpha value is -3.13. The Morgan fingerprint density at radius 3 is 2.79 bits per heavy atom. The summed E-state index contributed by atoms with van der Waals surface area (Å²) < 4.78 is 28.5. The molecule has 0 spiro atoms. The van der Waals surface area contributed by atoms with Gasteiger partial charge in [-0.1, -0.05) is 0 Å². The number of thiazole rings is 1. The molecular weight excluding hydrogens is 382 g/mol. The van der Waals surface area contributed by atoms with Gasteiger partial charge in [-0.05, 0) is 36.8 Å². The first-order valence-corrected chi connectivity index (χ1v) is 9.56. The van der Waals surface area contributed by atoms with Gasteiger partial charge in [0.2, 0.25) is 0 Å². The number of pyridine rings is 1. The van der Waals surface area contributed by atoms with Crippen LogP contribution in [0, 0.1) is 11.6 Å². The van der Waals surface area contributed by atoms with E-state index in [4.69, 9.17) is 0 Å². The zero-order chi connectivity index (χ0) is 19.7. The molecule has 0 aliphatic rings. The fraction of sp³-hybridized carbons (Fsp3) is 0.150.